The fraction of sp³-hybridized carbons (Fsp3) is 0.273. The van der Waals surface area contributed by atoms with Crippen LogP contribution < -0.4 is 10.1 Å². The van der Waals surface area contributed by atoms with Gasteiger partial charge in [0, 0.05) is 23.8 Å². The highest BCUT2D eigenvalue weighted by Gasteiger charge is 2.01. The van der Waals surface area contributed by atoms with E-state index in [-0.39, 0.29) is 0 Å². The van der Waals surface area contributed by atoms with Gasteiger partial charge < -0.3 is 10.1 Å². The number of methoxy groups -OCH3 is 1. The molecule has 0 heterocycles. The molecular formula is C11H13Cl2NO. The van der Waals surface area contributed by atoms with Crippen LogP contribution in [-0.2, 0) is 0 Å². The zero-order chi connectivity index (χ0) is 11.3. The summed E-state index contributed by atoms with van der Waals surface area (Å²) in [6.45, 7) is 2.65. The first-order valence-electron chi connectivity index (χ1n) is 4.50. The van der Waals surface area contributed by atoms with E-state index in [1.165, 1.54) is 0 Å². The summed E-state index contributed by atoms with van der Waals surface area (Å²) in [6, 6.07) is 5.54. The van der Waals surface area contributed by atoms with Gasteiger partial charge in [-0.05, 0) is 24.6 Å². The molecule has 0 aliphatic heterocycles. The molecule has 0 aliphatic rings. The Kier molecular flexibility index (Phi) is 4.79. The number of anilines is 1. The van der Waals surface area contributed by atoms with Crippen molar-refractivity contribution in [1.82, 2.24) is 0 Å². The maximum absolute atomic E-state index is 5.90. The predicted octanol–water partition coefficient (Wildman–Crippen LogP) is 3.90. The lowest BCUT2D eigenvalue weighted by Crippen LogP contribution is -2.02. The van der Waals surface area contributed by atoms with Crippen molar-refractivity contribution in [3.8, 4) is 5.75 Å². The molecule has 4 heteroatoms. The Hall–Kier alpha value is -0.860. The maximum atomic E-state index is 5.90. The van der Waals surface area contributed by atoms with Gasteiger partial charge in [-0.1, -0.05) is 23.2 Å². The molecule has 0 fully saturated rings. The van der Waals surface area contributed by atoms with Crippen LogP contribution in [0.3, 0.4) is 0 Å². The van der Waals surface area contributed by atoms with Crippen LogP contribution in [0.15, 0.2) is 29.3 Å². The Morgan fingerprint density at radius 1 is 1.53 bits per heavy atom. The minimum atomic E-state index is 0.604. The Balaban J connectivity index is 2.70. The molecule has 1 aromatic carbocycles. The minimum Gasteiger partial charge on any atom is -0.495 e. The first kappa shape index (κ1) is 12.2. The van der Waals surface area contributed by atoms with Crippen molar-refractivity contribution in [2.24, 2.45) is 0 Å². The molecule has 0 saturated carbocycles. The molecule has 0 unspecified atom stereocenters. The number of hydrogen-bond donors (Lipinski definition) is 1. The first-order valence-corrected chi connectivity index (χ1v) is 5.32. The van der Waals surface area contributed by atoms with Gasteiger partial charge in [0.15, 0.2) is 0 Å². The standard InChI is InChI=1S/C11H13Cl2NO/c1-8(6-12)7-14-9-3-4-10(13)11(5-9)15-2/h3-6,14H,7H2,1-2H3/b8-6+. The van der Waals surface area contributed by atoms with Crippen LogP contribution >= 0.6 is 23.2 Å². The quantitative estimate of drug-likeness (QED) is 0.869. The lowest BCUT2D eigenvalue weighted by atomic mass is 10.2. The molecule has 1 N–H and O–H groups in total. The zero-order valence-electron chi connectivity index (χ0n) is 8.68. The highest BCUT2D eigenvalue weighted by Crippen LogP contribution is 2.27. The molecule has 0 aliphatic carbocycles. The molecule has 2 nitrogen and oxygen atoms in total. The highest BCUT2D eigenvalue weighted by atomic mass is 35.5. The summed E-state index contributed by atoms with van der Waals surface area (Å²) in [5.74, 6) is 0.661. The molecule has 0 amide bonds. The van der Waals surface area contributed by atoms with Crippen molar-refractivity contribution in [1.29, 1.82) is 0 Å². The monoisotopic (exact) mass is 245 g/mol. The van der Waals surface area contributed by atoms with Gasteiger partial charge in [-0.25, -0.2) is 0 Å². The molecule has 0 saturated heterocycles. The maximum Gasteiger partial charge on any atom is 0.139 e. The molecule has 15 heavy (non-hydrogen) atoms. The van der Waals surface area contributed by atoms with Crippen molar-refractivity contribution in [3.05, 3.63) is 34.3 Å². The Bertz CT molecular complexity index is 364. The van der Waals surface area contributed by atoms with E-state index in [1.807, 2.05) is 19.1 Å². The van der Waals surface area contributed by atoms with Crippen LogP contribution in [0.5, 0.6) is 5.75 Å². The minimum absolute atomic E-state index is 0.604. The van der Waals surface area contributed by atoms with E-state index >= 15 is 0 Å². The van der Waals surface area contributed by atoms with Gasteiger partial charge in [0.1, 0.15) is 5.75 Å². The van der Waals surface area contributed by atoms with Gasteiger partial charge in [0.2, 0.25) is 0 Å². The summed E-state index contributed by atoms with van der Waals surface area (Å²) in [4.78, 5) is 0. The van der Waals surface area contributed by atoms with Gasteiger partial charge in [-0.2, -0.15) is 0 Å². The Morgan fingerprint density at radius 2 is 2.27 bits per heavy atom. The summed E-state index contributed by atoms with van der Waals surface area (Å²) in [5, 5.41) is 3.81. The molecule has 0 radical (unpaired) electrons. The van der Waals surface area contributed by atoms with E-state index in [0.717, 1.165) is 11.3 Å². The second-order valence-electron chi connectivity index (χ2n) is 3.16. The molecule has 0 aromatic heterocycles. The fourth-order valence-corrected chi connectivity index (χ4v) is 1.32. The highest BCUT2D eigenvalue weighted by molar-refractivity contribution is 6.32. The molecule has 0 atom stereocenters. The summed E-state index contributed by atoms with van der Waals surface area (Å²) in [6.07, 6.45) is 0. The van der Waals surface area contributed by atoms with Gasteiger partial charge in [0.25, 0.3) is 0 Å². The number of rotatable bonds is 4. The molecule has 1 rings (SSSR count). The number of hydrogen-bond acceptors (Lipinski definition) is 2. The summed E-state index contributed by atoms with van der Waals surface area (Å²) in [5.41, 5.74) is 3.57. The number of benzene rings is 1. The molecule has 1 aromatic rings. The molecular weight excluding hydrogens is 233 g/mol. The van der Waals surface area contributed by atoms with Crippen LogP contribution in [0, 0.1) is 0 Å². The number of nitrogens with one attached hydrogen (secondary N) is 1. The van der Waals surface area contributed by atoms with E-state index in [2.05, 4.69) is 5.32 Å². The van der Waals surface area contributed by atoms with E-state index in [0.29, 0.717) is 17.3 Å². The summed E-state index contributed by atoms with van der Waals surface area (Å²) < 4.78 is 5.11. The number of halogens is 2. The van der Waals surface area contributed by atoms with Crippen LogP contribution in [0.4, 0.5) is 5.69 Å². The predicted molar refractivity (Wildman–Crippen MR) is 66.1 cm³/mol. The smallest absolute Gasteiger partial charge is 0.139 e. The fourth-order valence-electron chi connectivity index (χ4n) is 1.05. The lowest BCUT2D eigenvalue weighted by molar-refractivity contribution is 0.415. The summed E-state index contributed by atoms with van der Waals surface area (Å²) >= 11 is 11.5. The van der Waals surface area contributed by atoms with Crippen molar-refractivity contribution in [2.45, 2.75) is 6.92 Å². The SMILES string of the molecule is COc1cc(NC/C(C)=C/Cl)ccc1Cl. The average Bonchev–Trinajstić information content (AvgIpc) is 2.27. The molecule has 0 bridgehead atoms. The Morgan fingerprint density at radius 3 is 2.87 bits per heavy atom. The number of ether oxygens (including phenoxy) is 1. The third kappa shape index (κ3) is 3.65. The lowest BCUT2D eigenvalue weighted by Gasteiger charge is -2.09. The largest absolute Gasteiger partial charge is 0.495 e. The molecule has 82 valence electrons. The normalized spacial score (nSPS) is 11.3. The van der Waals surface area contributed by atoms with Crippen LogP contribution in [0.25, 0.3) is 0 Å². The van der Waals surface area contributed by atoms with Gasteiger partial charge in [-0.3, -0.25) is 0 Å². The van der Waals surface area contributed by atoms with Crippen LogP contribution in [-0.4, -0.2) is 13.7 Å². The van der Waals surface area contributed by atoms with Crippen LogP contribution in [0.2, 0.25) is 5.02 Å². The van der Waals surface area contributed by atoms with Crippen molar-refractivity contribution < 1.29 is 4.74 Å². The zero-order valence-corrected chi connectivity index (χ0v) is 10.2. The van der Waals surface area contributed by atoms with E-state index in [1.54, 1.807) is 18.7 Å². The van der Waals surface area contributed by atoms with Crippen molar-refractivity contribution >= 4 is 28.9 Å². The van der Waals surface area contributed by atoms with Crippen LogP contribution in [0.1, 0.15) is 6.92 Å². The van der Waals surface area contributed by atoms with E-state index < -0.39 is 0 Å². The van der Waals surface area contributed by atoms with Crippen molar-refractivity contribution in [3.63, 3.8) is 0 Å². The topological polar surface area (TPSA) is 21.3 Å². The van der Waals surface area contributed by atoms with E-state index in [4.69, 9.17) is 27.9 Å². The third-order valence-corrected chi connectivity index (χ3v) is 2.59. The Labute approximate surface area is 99.8 Å². The van der Waals surface area contributed by atoms with Gasteiger partial charge in [-0.15, -0.1) is 0 Å². The van der Waals surface area contributed by atoms with E-state index in [9.17, 15) is 0 Å². The first-order chi connectivity index (χ1) is 7.17. The average molecular weight is 246 g/mol. The molecule has 0 spiro atoms. The van der Waals surface area contributed by atoms with Gasteiger partial charge >= 0.3 is 0 Å². The second kappa shape index (κ2) is 5.89. The second-order valence-corrected chi connectivity index (χ2v) is 3.78. The third-order valence-electron chi connectivity index (χ3n) is 1.91. The van der Waals surface area contributed by atoms with Gasteiger partial charge in [0.05, 0.1) is 12.1 Å². The van der Waals surface area contributed by atoms with Crippen molar-refractivity contribution in [2.75, 3.05) is 19.0 Å². The summed E-state index contributed by atoms with van der Waals surface area (Å²) in [7, 11) is 1.59.